The average Bonchev–Trinajstić information content (AvgIpc) is 2.00. The van der Waals surface area contributed by atoms with Crippen molar-refractivity contribution in [2.75, 3.05) is 6.54 Å². The van der Waals surface area contributed by atoms with Crippen molar-refractivity contribution in [3.63, 3.8) is 0 Å². The van der Waals surface area contributed by atoms with Crippen molar-refractivity contribution in [1.29, 1.82) is 0 Å². The molecule has 0 bridgehead atoms. The van der Waals surface area contributed by atoms with Gasteiger partial charge in [-0.3, -0.25) is 4.79 Å². The molecular formula is C8H16N2OS. The topological polar surface area (TPSA) is 55.1 Å². The third kappa shape index (κ3) is 3.67. The second-order valence-corrected chi connectivity index (χ2v) is 3.91. The van der Waals surface area contributed by atoms with Gasteiger partial charge in [-0.2, -0.15) is 0 Å². The SMILES string of the molecule is CCC(C)(C)C(=O)NCC(N)=S. The van der Waals surface area contributed by atoms with E-state index in [1.807, 2.05) is 20.8 Å². The number of carbonyl (C=O) groups is 1. The van der Waals surface area contributed by atoms with Gasteiger partial charge >= 0.3 is 0 Å². The fourth-order valence-corrected chi connectivity index (χ4v) is 0.639. The summed E-state index contributed by atoms with van der Waals surface area (Å²) in [6.07, 6.45) is 0.802. The summed E-state index contributed by atoms with van der Waals surface area (Å²) in [5.74, 6) is -0.00204. The molecular weight excluding hydrogens is 172 g/mol. The normalized spacial score (nSPS) is 10.9. The van der Waals surface area contributed by atoms with Gasteiger partial charge < -0.3 is 11.1 Å². The first-order valence-corrected chi connectivity index (χ1v) is 4.37. The quantitative estimate of drug-likeness (QED) is 0.642. The minimum absolute atomic E-state index is 0.00204. The van der Waals surface area contributed by atoms with Crippen molar-refractivity contribution in [1.82, 2.24) is 5.32 Å². The van der Waals surface area contributed by atoms with Crippen molar-refractivity contribution >= 4 is 23.1 Å². The molecule has 70 valence electrons. The lowest BCUT2D eigenvalue weighted by molar-refractivity contribution is -0.129. The Balaban J connectivity index is 3.96. The predicted molar refractivity (Wildman–Crippen MR) is 53.9 cm³/mol. The standard InChI is InChI=1S/C8H16N2OS/c1-4-8(2,3)7(11)10-5-6(9)12/h4-5H2,1-3H3,(H2,9,12)(H,10,11). The largest absolute Gasteiger partial charge is 0.392 e. The molecule has 0 aromatic carbocycles. The lowest BCUT2D eigenvalue weighted by Crippen LogP contribution is -2.40. The molecule has 1 amide bonds. The highest BCUT2D eigenvalue weighted by Crippen LogP contribution is 2.18. The summed E-state index contributed by atoms with van der Waals surface area (Å²) in [5, 5.41) is 2.67. The van der Waals surface area contributed by atoms with Gasteiger partial charge in [-0.1, -0.05) is 33.0 Å². The fraction of sp³-hybridized carbons (Fsp3) is 0.750. The van der Waals surface area contributed by atoms with Crippen molar-refractivity contribution in [2.24, 2.45) is 11.1 Å². The molecule has 0 aliphatic rings. The molecule has 0 spiro atoms. The molecule has 4 heteroatoms. The van der Waals surface area contributed by atoms with Crippen LogP contribution in [0, 0.1) is 5.41 Å². The van der Waals surface area contributed by atoms with Crippen LogP contribution in [0.3, 0.4) is 0 Å². The summed E-state index contributed by atoms with van der Waals surface area (Å²) >= 11 is 4.64. The smallest absolute Gasteiger partial charge is 0.225 e. The Labute approximate surface area is 78.7 Å². The van der Waals surface area contributed by atoms with E-state index in [2.05, 4.69) is 17.5 Å². The number of hydrogen-bond donors (Lipinski definition) is 2. The number of carbonyl (C=O) groups excluding carboxylic acids is 1. The first kappa shape index (κ1) is 11.4. The van der Waals surface area contributed by atoms with Crippen LogP contribution in [-0.2, 0) is 4.79 Å². The summed E-state index contributed by atoms with van der Waals surface area (Å²) in [7, 11) is 0. The zero-order valence-electron chi connectivity index (χ0n) is 7.81. The van der Waals surface area contributed by atoms with E-state index in [0.29, 0.717) is 4.99 Å². The van der Waals surface area contributed by atoms with Crippen LogP contribution in [0.2, 0.25) is 0 Å². The van der Waals surface area contributed by atoms with Crippen LogP contribution in [0.5, 0.6) is 0 Å². The van der Waals surface area contributed by atoms with Crippen LogP contribution in [0.25, 0.3) is 0 Å². The van der Waals surface area contributed by atoms with Crippen LogP contribution in [0.4, 0.5) is 0 Å². The van der Waals surface area contributed by atoms with Crippen molar-refractivity contribution in [3.8, 4) is 0 Å². The molecule has 0 aromatic heterocycles. The Morgan fingerprint density at radius 1 is 1.58 bits per heavy atom. The number of hydrogen-bond acceptors (Lipinski definition) is 2. The van der Waals surface area contributed by atoms with Gasteiger partial charge in [-0.15, -0.1) is 0 Å². The van der Waals surface area contributed by atoms with Crippen molar-refractivity contribution < 1.29 is 4.79 Å². The van der Waals surface area contributed by atoms with Gasteiger partial charge in [0.05, 0.1) is 11.5 Å². The summed E-state index contributed by atoms with van der Waals surface area (Å²) < 4.78 is 0. The molecule has 0 fully saturated rings. The van der Waals surface area contributed by atoms with Crippen LogP contribution in [-0.4, -0.2) is 17.4 Å². The molecule has 0 saturated heterocycles. The van der Waals surface area contributed by atoms with E-state index in [9.17, 15) is 4.79 Å². The van der Waals surface area contributed by atoms with Crippen LogP contribution >= 0.6 is 12.2 Å². The molecule has 3 N–H and O–H groups in total. The molecule has 0 heterocycles. The monoisotopic (exact) mass is 188 g/mol. The van der Waals surface area contributed by atoms with Gasteiger partial charge in [0.15, 0.2) is 0 Å². The van der Waals surface area contributed by atoms with E-state index >= 15 is 0 Å². The van der Waals surface area contributed by atoms with Crippen LogP contribution in [0.1, 0.15) is 27.2 Å². The maximum atomic E-state index is 11.4. The molecule has 0 aliphatic carbocycles. The maximum Gasteiger partial charge on any atom is 0.225 e. The highest BCUT2D eigenvalue weighted by molar-refractivity contribution is 7.80. The Bertz CT molecular complexity index is 189. The third-order valence-corrected chi connectivity index (χ3v) is 2.07. The van der Waals surface area contributed by atoms with Crippen molar-refractivity contribution in [2.45, 2.75) is 27.2 Å². The Hall–Kier alpha value is -0.640. The summed E-state index contributed by atoms with van der Waals surface area (Å²) in [6.45, 7) is 6.04. The van der Waals surface area contributed by atoms with E-state index in [1.165, 1.54) is 0 Å². The number of rotatable bonds is 4. The zero-order valence-corrected chi connectivity index (χ0v) is 8.62. The van der Waals surface area contributed by atoms with Crippen LogP contribution in [0.15, 0.2) is 0 Å². The lowest BCUT2D eigenvalue weighted by Gasteiger charge is -2.21. The minimum Gasteiger partial charge on any atom is -0.392 e. The molecule has 12 heavy (non-hydrogen) atoms. The third-order valence-electron chi connectivity index (χ3n) is 1.92. The fourth-order valence-electron chi connectivity index (χ4n) is 0.567. The van der Waals surface area contributed by atoms with E-state index in [1.54, 1.807) is 0 Å². The van der Waals surface area contributed by atoms with Gasteiger partial charge in [-0.25, -0.2) is 0 Å². The highest BCUT2D eigenvalue weighted by Gasteiger charge is 2.24. The van der Waals surface area contributed by atoms with E-state index in [0.717, 1.165) is 6.42 Å². The summed E-state index contributed by atoms with van der Waals surface area (Å²) in [5.41, 5.74) is 4.91. The number of amides is 1. The second kappa shape index (κ2) is 4.40. The Morgan fingerprint density at radius 3 is 2.42 bits per heavy atom. The van der Waals surface area contributed by atoms with Gasteiger partial charge in [0, 0.05) is 5.41 Å². The minimum atomic E-state index is -0.329. The molecule has 0 atom stereocenters. The highest BCUT2D eigenvalue weighted by atomic mass is 32.1. The molecule has 3 nitrogen and oxygen atoms in total. The Kier molecular flexibility index (Phi) is 4.17. The number of nitrogens with two attached hydrogens (primary N) is 1. The lowest BCUT2D eigenvalue weighted by atomic mass is 9.89. The summed E-state index contributed by atoms with van der Waals surface area (Å²) in [4.78, 5) is 11.7. The van der Waals surface area contributed by atoms with E-state index in [-0.39, 0.29) is 17.9 Å². The first-order chi connectivity index (χ1) is 5.40. The number of thiocarbonyl (C=S) groups is 1. The maximum absolute atomic E-state index is 11.4. The molecule has 0 aliphatic heterocycles. The second-order valence-electron chi connectivity index (χ2n) is 3.39. The molecule has 0 rings (SSSR count). The molecule has 0 aromatic rings. The van der Waals surface area contributed by atoms with Gasteiger partial charge in [-0.05, 0) is 6.42 Å². The zero-order chi connectivity index (χ0) is 9.78. The van der Waals surface area contributed by atoms with Gasteiger partial charge in [0.1, 0.15) is 0 Å². The van der Waals surface area contributed by atoms with Gasteiger partial charge in [0.2, 0.25) is 5.91 Å². The van der Waals surface area contributed by atoms with Gasteiger partial charge in [0.25, 0.3) is 0 Å². The summed E-state index contributed by atoms with van der Waals surface area (Å²) in [6, 6.07) is 0. The van der Waals surface area contributed by atoms with E-state index < -0.39 is 0 Å². The van der Waals surface area contributed by atoms with Crippen LogP contribution < -0.4 is 11.1 Å². The molecule has 0 unspecified atom stereocenters. The van der Waals surface area contributed by atoms with Crippen molar-refractivity contribution in [3.05, 3.63) is 0 Å². The molecule has 0 saturated carbocycles. The Morgan fingerprint density at radius 2 is 2.08 bits per heavy atom. The molecule has 0 radical (unpaired) electrons. The van der Waals surface area contributed by atoms with E-state index in [4.69, 9.17) is 5.73 Å². The first-order valence-electron chi connectivity index (χ1n) is 3.96. The number of nitrogens with one attached hydrogen (secondary N) is 1. The predicted octanol–water partition coefficient (Wildman–Crippen LogP) is 0.825. The average molecular weight is 188 g/mol.